The van der Waals surface area contributed by atoms with Gasteiger partial charge in [-0.1, -0.05) is 0 Å². The Morgan fingerprint density at radius 1 is 1.57 bits per heavy atom. The second-order valence-corrected chi connectivity index (χ2v) is 3.92. The Kier molecular flexibility index (Phi) is 5.23. The predicted molar refractivity (Wildman–Crippen MR) is 57.2 cm³/mol. The molecule has 0 aliphatic carbocycles. The maximum absolute atomic E-state index is 8.61. The fourth-order valence-electron chi connectivity index (χ4n) is 1.03. The average molecular weight is 210 g/mol. The van der Waals surface area contributed by atoms with E-state index in [1.807, 2.05) is 19.1 Å². The van der Waals surface area contributed by atoms with Crippen molar-refractivity contribution in [2.45, 2.75) is 13.5 Å². The molecule has 0 aromatic carbocycles. The summed E-state index contributed by atoms with van der Waals surface area (Å²) in [6.07, 6.45) is 0. The molecule has 0 saturated heterocycles. The molecule has 0 atom stereocenters. The van der Waals surface area contributed by atoms with Crippen LogP contribution in [-0.4, -0.2) is 19.8 Å². The lowest BCUT2D eigenvalue weighted by atomic mass is 10.4. The summed E-state index contributed by atoms with van der Waals surface area (Å²) in [5.41, 5.74) is 0. The van der Waals surface area contributed by atoms with E-state index in [1.54, 1.807) is 0 Å². The molecule has 76 valence electrons. The Morgan fingerprint density at radius 3 is 3.07 bits per heavy atom. The second-order valence-electron chi connectivity index (χ2n) is 2.75. The van der Waals surface area contributed by atoms with Crippen molar-refractivity contribution in [3.05, 3.63) is 21.9 Å². The van der Waals surface area contributed by atoms with Gasteiger partial charge in [0.2, 0.25) is 0 Å². The van der Waals surface area contributed by atoms with Crippen LogP contribution in [0.5, 0.6) is 0 Å². The van der Waals surface area contributed by atoms with Crippen LogP contribution in [0.3, 0.4) is 0 Å². The highest BCUT2D eigenvalue weighted by Gasteiger charge is 1.97. The number of nitriles is 1. The first-order chi connectivity index (χ1) is 6.86. The van der Waals surface area contributed by atoms with Gasteiger partial charge in [0.15, 0.2) is 0 Å². The minimum atomic E-state index is 0.743. The molecule has 0 bridgehead atoms. The van der Waals surface area contributed by atoms with Crippen molar-refractivity contribution in [3.63, 3.8) is 0 Å². The van der Waals surface area contributed by atoms with Crippen LogP contribution in [0.25, 0.3) is 0 Å². The van der Waals surface area contributed by atoms with Crippen LogP contribution in [-0.2, 0) is 11.3 Å². The van der Waals surface area contributed by atoms with Crippen molar-refractivity contribution < 1.29 is 4.74 Å². The third kappa shape index (κ3) is 3.88. The van der Waals surface area contributed by atoms with E-state index in [2.05, 4.69) is 11.4 Å². The molecular weight excluding hydrogens is 196 g/mol. The van der Waals surface area contributed by atoms with E-state index >= 15 is 0 Å². The fourth-order valence-corrected chi connectivity index (χ4v) is 1.81. The highest BCUT2D eigenvalue weighted by molar-refractivity contribution is 7.12. The Morgan fingerprint density at radius 2 is 2.43 bits per heavy atom. The first-order valence-electron chi connectivity index (χ1n) is 4.64. The molecule has 1 aromatic rings. The van der Waals surface area contributed by atoms with E-state index in [9.17, 15) is 0 Å². The third-order valence-electron chi connectivity index (χ3n) is 1.70. The van der Waals surface area contributed by atoms with Crippen molar-refractivity contribution >= 4 is 11.3 Å². The number of thiophene rings is 1. The zero-order valence-corrected chi connectivity index (χ0v) is 9.06. The van der Waals surface area contributed by atoms with Crippen LogP contribution < -0.4 is 5.32 Å². The van der Waals surface area contributed by atoms with Crippen LogP contribution in [0.2, 0.25) is 0 Å². The summed E-state index contributed by atoms with van der Waals surface area (Å²) >= 11 is 1.53. The summed E-state index contributed by atoms with van der Waals surface area (Å²) in [5.74, 6) is 0. The van der Waals surface area contributed by atoms with Crippen molar-refractivity contribution in [1.29, 1.82) is 5.26 Å². The van der Waals surface area contributed by atoms with Gasteiger partial charge in [-0.2, -0.15) is 5.26 Å². The molecule has 0 radical (unpaired) electrons. The van der Waals surface area contributed by atoms with Gasteiger partial charge in [-0.25, -0.2) is 0 Å². The molecule has 1 N–H and O–H groups in total. The number of nitrogens with one attached hydrogen (secondary N) is 1. The molecule has 0 aliphatic rings. The third-order valence-corrected chi connectivity index (χ3v) is 2.69. The second kappa shape index (κ2) is 6.55. The van der Waals surface area contributed by atoms with Gasteiger partial charge in [0, 0.05) is 24.6 Å². The number of hydrogen-bond acceptors (Lipinski definition) is 4. The Labute approximate surface area is 88.3 Å². The van der Waals surface area contributed by atoms with Gasteiger partial charge in [-0.3, -0.25) is 0 Å². The summed E-state index contributed by atoms with van der Waals surface area (Å²) < 4.78 is 5.19. The van der Waals surface area contributed by atoms with Gasteiger partial charge in [-0.05, 0) is 19.1 Å². The van der Waals surface area contributed by atoms with Crippen LogP contribution in [0.4, 0.5) is 0 Å². The standard InChI is InChI=1S/C10H14N2OS/c1-2-13-6-5-12-8-10-4-3-9(7-11)14-10/h3-4,12H,2,5-6,8H2,1H3. The molecular formula is C10H14N2OS. The topological polar surface area (TPSA) is 45.0 Å². The first kappa shape index (κ1) is 11.2. The van der Waals surface area contributed by atoms with Gasteiger partial charge in [0.25, 0.3) is 0 Å². The highest BCUT2D eigenvalue weighted by atomic mass is 32.1. The molecule has 3 nitrogen and oxygen atoms in total. The summed E-state index contributed by atoms with van der Waals surface area (Å²) in [5, 5.41) is 11.9. The minimum absolute atomic E-state index is 0.743. The number of rotatable bonds is 6. The maximum atomic E-state index is 8.61. The minimum Gasteiger partial charge on any atom is -0.380 e. The molecule has 14 heavy (non-hydrogen) atoms. The molecule has 1 rings (SSSR count). The molecule has 0 spiro atoms. The zero-order valence-electron chi connectivity index (χ0n) is 8.25. The van der Waals surface area contributed by atoms with Gasteiger partial charge in [0.05, 0.1) is 6.61 Å². The van der Waals surface area contributed by atoms with Gasteiger partial charge in [-0.15, -0.1) is 11.3 Å². The lowest BCUT2D eigenvalue weighted by molar-refractivity contribution is 0.149. The zero-order chi connectivity index (χ0) is 10.2. The molecule has 4 heteroatoms. The Hall–Kier alpha value is -0.890. The Bertz CT molecular complexity index is 303. The summed E-state index contributed by atoms with van der Waals surface area (Å²) in [6.45, 7) is 5.16. The SMILES string of the molecule is CCOCCNCc1ccc(C#N)s1. The van der Waals surface area contributed by atoms with Crippen LogP contribution >= 0.6 is 11.3 Å². The van der Waals surface area contributed by atoms with Crippen molar-refractivity contribution in [2.75, 3.05) is 19.8 Å². The molecule has 1 heterocycles. The number of ether oxygens (including phenoxy) is 1. The highest BCUT2D eigenvalue weighted by Crippen LogP contribution is 2.14. The first-order valence-corrected chi connectivity index (χ1v) is 5.45. The van der Waals surface area contributed by atoms with E-state index < -0.39 is 0 Å². The largest absolute Gasteiger partial charge is 0.380 e. The van der Waals surface area contributed by atoms with E-state index in [-0.39, 0.29) is 0 Å². The van der Waals surface area contributed by atoms with E-state index in [0.717, 1.165) is 31.2 Å². The van der Waals surface area contributed by atoms with Crippen molar-refractivity contribution in [2.24, 2.45) is 0 Å². The van der Waals surface area contributed by atoms with Crippen molar-refractivity contribution in [1.82, 2.24) is 5.32 Å². The molecule has 0 saturated carbocycles. The van der Waals surface area contributed by atoms with Crippen molar-refractivity contribution in [3.8, 4) is 6.07 Å². The van der Waals surface area contributed by atoms with Crippen LogP contribution in [0.15, 0.2) is 12.1 Å². The molecule has 0 amide bonds. The quantitative estimate of drug-likeness (QED) is 0.727. The average Bonchev–Trinajstić information content (AvgIpc) is 2.65. The normalized spacial score (nSPS) is 10.0. The van der Waals surface area contributed by atoms with Crippen LogP contribution in [0, 0.1) is 11.3 Å². The van der Waals surface area contributed by atoms with E-state index in [1.165, 1.54) is 16.2 Å². The molecule has 0 aliphatic heterocycles. The number of hydrogen-bond donors (Lipinski definition) is 1. The lowest BCUT2D eigenvalue weighted by Crippen LogP contribution is -2.18. The Balaban J connectivity index is 2.16. The van der Waals surface area contributed by atoms with E-state index in [0.29, 0.717) is 0 Å². The summed E-state index contributed by atoms with van der Waals surface area (Å²) in [7, 11) is 0. The van der Waals surface area contributed by atoms with Gasteiger partial charge >= 0.3 is 0 Å². The number of nitrogens with zero attached hydrogens (tertiary/aromatic N) is 1. The maximum Gasteiger partial charge on any atom is 0.110 e. The molecule has 0 fully saturated rings. The monoisotopic (exact) mass is 210 g/mol. The van der Waals surface area contributed by atoms with E-state index in [4.69, 9.17) is 10.00 Å². The fraction of sp³-hybridized carbons (Fsp3) is 0.500. The molecule has 1 aromatic heterocycles. The van der Waals surface area contributed by atoms with Gasteiger partial charge in [0.1, 0.15) is 10.9 Å². The van der Waals surface area contributed by atoms with Crippen LogP contribution in [0.1, 0.15) is 16.7 Å². The summed E-state index contributed by atoms with van der Waals surface area (Å²) in [4.78, 5) is 1.96. The van der Waals surface area contributed by atoms with Gasteiger partial charge < -0.3 is 10.1 Å². The summed E-state index contributed by atoms with van der Waals surface area (Å²) in [6, 6.07) is 5.96. The smallest absolute Gasteiger partial charge is 0.110 e. The lowest BCUT2D eigenvalue weighted by Gasteiger charge is -2.02. The predicted octanol–water partition coefficient (Wildman–Crippen LogP) is 1.75. The molecule has 0 unspecified atom stereocenters.